The maximum atomic E-state index is 11.0. The molecule has 6 heteroatoms. The molecule has 3 rings (SSSR count). The molecule has 6 nitrogen and oxygen atoms in total. The van der Waals surface area contributed by atoms with Gasteiger partial charge in [0.25, 0.3) is 5.69 Å². The summed E-state index contributed by atoms with van der Waals surface area (Å²) in [6.07, 6.45) is 6.57. The van der Waals surface area contributed by atoms with Crippen LogP contribution in [0.3, 0.4) is 0 Å². The smallest absolute Gasteiger partial charge is 0.278 e. The number of benzene rings is 1. The third-order valence-corrected chi connectivity index (χ3v) is 3.39. The summed E-state index contributed by atoms with van der Waals surface area (Å²) in [6.45, 7) is 0.774. The van der Waals surface area contributed by atoms with E-state index in [-0.39, 0.29) is 10.6 Å². The third-order valence-electron chi connectivity index (χ3n) is 3.39. The molecule has 0 aliphatic heterocycles. The molecule has 102 valence electrons. The third kappa shape index (κ3) is 2.16. The number of rotatable bonds is 4. The molecule has 20 heavy (non-hydrogen) atoms. The highest BCUT2D eigenvalue weighted by atomic mass is 16.6. The van der Waals surface area contributed by atoms with Crippen LogP contribution in [0.1, 0.15) is 5.56 Å². The highest BCUT2D eigenvalue weighted by Gasteiger charge is 2.13. The van der Waals surface area contributed by atoms with Crippen molar-refractivity contribution in [2.75, 3.05) is 0 Å². The Morgan fingerprint density at radius 1 is 1.35 bits per heavy atom. The van der Waals surface area contributed by atoms with Gasteiger partial charge >= 0.3 is 0 Å². The van der Waals surface area contributed by atoms with E-state index in [4.69, 9.17) is 0 Å². The summed E-state index contributed by atoms with van der Waals surface area (Å²) in [5.41, 5.74) is 2.20. The van der Waals surface area contributed by atoms with Crippen molar-refractivity contribution in [1.82, 2.24) is 14.3 Å². The number of hydrogen-bond donors (Lipinski definition) is 0. The zero-order valence-corrected chi connectivity index (χ0v) is 11.1. The minimum absolute atomic E-state index is 0.155. The lowest BCUT2D eigenvalue weighted by atomic mass is 10.2. The number of aromatic nitrogens is 3. The van der Waals surface area contributed by atoms with Gasteiger partial charge in [-0.1, -0.05) is 6.07 Å². The average Bonchev–Trinajstić information content (AvgIpc) is 3.02. The molecular weight excluding hydrogens is 256 g/mol. The molecular formula is C14H14N4O2. The van der Waals surface area contributed by atoms with Crippen molar-refractivity contribution in [2.45, 2.75) is 13.0 Å². The van der Waals surface area contributed by atoms with E-state index in [1.165, 1.54) is 6.07 Å². The number of nitro groups is 1. The number of aryl methyl sites for hydroxylation is 3. The van der Waals surface area contributed by atoms with Gasteiger partial charge in [-0.25, -0.2) is 0 Å². The molecule has 0 aliphatic carbocycles. The van der Waals surface area contributed by atoms with Crippen LogP contribution in [0.4, 0.5) is 5.69 Å². The minimum Gasteiger partial charge on any atom is -0.347 e. The summed E-state index contributed by atoms with van der Waals surface area (Å²) in [7, 11) is 1.89. The number of fused-ring (bicyclic) bond motifs is 1. The molecule has 1 aromatic carbocycles. The fraction of sp³-hybridized carbons (Fsp3) is 0.214. The summed E-state index contributed by atoms with van der Waals surface area (Å²) < 4.78 is 3.81. The first kappa shape index (κ1) is 12.4. The predicted molar refractivity (Wildman–Crippen MR) is 75.5 cm³/mol. The van der Waals surface area contributed by atoms with Crippen molar-refractivity contribution in [3.63, 3.8) is 0 Å². The summed E-state index contributed by atoms with van der Waals surface area (Å²) >= 11 is 0. The Kier molecular flexibility index (Phi) is 2.98. The van der Waals surface area contributed by atoms with E-state index < -0.39 is 0 Å². The highest BCUT2D eigenvalue weighted by molar-refractivity contribution is 5.89. The van der Waals surface area contributed by atoms with Crippen LogP contribution in [0, 0.1) is 10.1 Å². The molecule has 2 aromatic heterocycles. The number of hydrogen-bond acceptors (Lipinski definition) is 3. The monoisotopic (exact) mass is 270 g/mol. The number of nitro benzene ring substituents is 1. The van der Waals surface area contributed by atoms with Gasteiger partial charge in [0, 0.05) is 32.1 Å². The Morgan fingerprint density at radius 3 is 2.90 bits per heavy atom. The Bertz CT molecular complexity index is 772. The average molecular weight is 270 g/mol. The van der Waals surface area contributed by atoms with Crippen LogP contribution in [0.15, 0.2) is 42.9 Å². The van der Waals surface area contributed by atoms with E-state index in [9.17, 15) is 10.1 Å². The maximum absolute atomic E-state index is 11.0. The van der Waals surface area contributed by atoms with E-state index in [1.807, 2.05) is 36.3 Å². The van der Waals surface area contributed by atoms with Crippen LogP contribution in [-0.4, -0.2) is 19.3 Å². The first-order valence-electron chi connectivity index (χ1n) is 6.35. The molecule has 0 spiro atoms. The maximum Gasteiger partial charge on any atom is 0.278 e. The van der Waals surface area contributed by atoms with Gasteiger partial charge in [0.05, 0.1) is 22.0 Å². The molecule has 0 N–H and O–H groups in total. The zero-order valence-electron chi connectivity index (χ0n) is 11.1. The first-order valence-corrected chi connectivity index (χ1v) is 6.35. The largest absolute Gasteiger partial charge is 0.347 e. The van der Waals surface area contributed by atoms with Gasteiger partial charge in [0.2, 0.25) is 0 Å². The molecule has 0 atom stereocenters. The van der Waals surface area contributed by atoms with E-state index in [0.717, 1.165) is 24.0 Å². The molecule has 0 aliphatic rings. The Balaban J connectivity index is 1.89. The van der Waals surface area contributed by atoms with Crippen molar-refractivity contribution >= 4 is 16.6 Å². The second kappa shape index (κ2) is 4.80. The van der Waals surface area contributed by atoms with Gasteiger partial charge in [0.1, 0.15) is 0 Å². The van der Waals surface area contributed by atoms with Crippen LogP contribution in [0.5, 0.6) is 0 Å². The van der Waals surface area contributed by atoms with Crippen LogP contribution in [0.2, 0.25) is 0 Å². The van der Waals surface area contributed by atoms with E-state index in [0.29, 0.717) is 5.39 Å². The van der Waals surface area contributed by atoms with Crippen LogP contribution >= 0.6 is 0 Å². The fourth-order valence-electron chi connectivity index (χ4n) is 2.41. The van der Waals surface area contributed by atoms with Crippen molar-refractivity contribution < 1.29 is 4.92 Å². The van der Waals surface area contributed by atoms with Crippen molar-refractivity contribution in [2.24, 2.45) is 7.05 Å². The Labute approximate surface area is 115 Å². The van der Waals surface area contributed by atoms with Crippen molar-refractivity contribution in [1.29, 1.82) is 0 Å². The fourth-order valence-corrected chi connectivity index (χ4v) is 2.41. The van der Waals surface area contributed by atoms with Gasteiger partial charge < -0.3 is 4.57 Å². The topological polar surface area (TPSA) is 65.9 Å². The van der Waals surface area contributed by atoms with Crippen LogP contribution in [-0.2, 0) is 20.0 Å². The molecule has 0 bridgehead atoms. The van der Waals surface area contributed by atoms with Gasteiger partial charge in [0.15, 0.2) is 0 Å². The molecule has 0 saturated carbocycles. The second-order valence-corrected chi connectivity index (χ2v) is 4.75. The van der Waals surface area contributed by atoms with Crippen molar-refractivity contribution in [3.05, 3.63) is 58.5 Å². The highest BCUT2D eigenvalue weighted by Crippen LogP contribution is 2.26. The number of nitrogens with zero attached hydrogens (tertiary/aromatic N) is 4. The standard InChI is InChI=1S/C14H14N4O2/c1-16-10-11(9-15-16)5-7-17-8-6-12-13(17)3-2-4-14(12)18(19)20/h2-4,6,8-10H,5,7H2,1H3. The van der Waals surface area contributed by atoms with E-state index in [2.05, 4.69) is 5.10 Å². The molecule has 3 aromatic rings. The molecule has 0 amide bonds. The van der Waals surface area contributed by atoms with Gasteiger partial charge in [-0.2, -0.15) is 5.10 Å². The quantitative estimate of drug-likeness (QED) is 0.540. The second-order valence-electron chi connectivity index (χ2n) is 4.75. The van der Waals surface area contributed by atoms with Crippen LogP contribution < -0.4 is 0 Å². The lowest BCUT2D eigenvalue weighted by molar-refractivity contribution is -0.383. The molecule has 0 radical (unpaired) electrons. The number of non-ortho nitro benzene ring substituents is 1. The van der Waals surface area contributed by atoms with Crippen molar-refractivity contribution in [3.8, 4) is 0 Å². The SMILES string of the molecule is Cn1cc(CCn2ccc3c([N+](=O)[O-])cccc32)cn1. The summed E-state index contributed by atoms with van der Waals surface area (Å²) in [6, 6.07) is 6.97. The predicted octanol–water partition coefficient (Wildman–Crippen LogP) is 2.53. The summed E-state index contributed by atoms with van der Waals surface area (Å²) in [5, 5.41) is 15.8. The van der Waals surface area contributed by atoms with Gasteiger partial charge in [-0.3, -0.25) is 14.8 Å². The summed E-state index contributed by atoms with van der Waals surface area (Å²) in [5.74, 6) is 0. The molecule has 0 unspecified atom stereocenters. The molecule has 0 fully saturated rings. The summed E-state index contributed by atoms with van der Waals surface area (Å²) in [4.78, 5) is 10.7. The Hall–Kier alpha value is -2.63. The Morgan fingerprint density at radius 2 is 2.20 bits per heavy atom. The van der Waals surface area contributed by atoms with E-state index in [1.54, 1.807) is 16.8 Å². The minimum atomic E-state index is -0.339. The molecule has 2 heterocycles. The first-order chi connectivity index (χ1) is 9.65. The van der Waals surface area contributed by atoms with Crippen LogP contribution in [0.25, 0.3) is 10.9 Å². The van der Waals surface area contributed by atoms with Gasteiger partial charge in [-0.05, 0) is 24.1 Å². The zero-order chi connectivity index (χ0) is 14.1. The van der Waals surface area contributed by atoms with E-state index >= 15 is 0 Å². The lowest BCUT2D eigenvalue weighted by Crippen LogP contribution is -1.99. The van der Waals surface area contributed by atoms with Gasteiger partial charge in [-0.15, -0.1) is 0 Å². The lowest BCUT2D eigenvalue weighted by Gasteiger charge is -2.04. The molecule has 0 saturated heterocycles. The normalized spacial score (nSPS) is 11.1.